The molecular weight excluding hydrogens is 278 g/mol. The van der Waals surface area contributed by atoms with Gasteiger partial charge in [-0.15, -0.1) is 0 Å². The van der Waals surface area contributed by atoms with Crippen LogP contribution < -0.4 is 10.0 Å². The third kappa shape index (κ3) is 4.39. The van der Waals surface area contributed by atoms with Crippen LogP contribution in [0.2, 0.25) is 0 Å². The van der Waals surface area contributed by atoms with E-state index in [-0.39, 0.29) is 5.41 Å². The van der Waals surface area contributed by atoms with E-state index in [9.17, 15) is 8.42 Å². The van der Waals surface area contributed by atoms with Gasteiger partial charge in [-0.05, 0) is 44.7 Å². The van der Waals surface area contributed by atoms with Crippen LogP contribution in [0.1, 0.15) is 25.7 Å². The first-order valence-corrected chi connectivity index (χ1v) is 8.82. The average Bonchev–Trinajstić information content (AvgIpc) is 3.22. The minimum Gasteiger partial charge on any atom is -0.384 e. The van der Waals surface area contributed by atoms with Crippen molar-refractivity contribution in [3.8, 4) is 0 Å². The van der Waals surface area contributed by atoms with Gasteiger partial charge in [0, 0.05) is 32.7 Å². The van der Waals surface area contributed by atoms with Crippen molar-refractivity contribution in [3.05, 3.63) is 0 Å². The van der Waals surface area contributed by atoms with Crippen molar-refractivity contribution < 1.29 is 13.2 Å². The number of rotatable bonds is 8. The lowest BCUT2D eigenvalue weighted by Gasteiger charge is -2.37. The number of methoxy groups -OCH3 is 1. The van der Waals surface area contributed by atoms with Gasteiger partial charge in [0.2, 0.25) is 0 Å². The van der Waals surface area contributed by atoms with Crippen molar-refractivity contribution in [2.75, 3.05) is 46.9 Å². The van der Waals surface area contributed by atoms with E-state index in [1.165, 1.54) is 4.31 Å². The van der Waals surface area contributed by atoms with Gasteiger partial charge < -0.3 is 10.1 Å². The van der Waals surface area contributed by atoms with E-state index in [1.807, 2.05) is 0 Å². The molecule has 0 spiro atoms. The Labute approximate surface area is 122 Å². The van der Waals surface area contributed by atoms with Crippen LogP contribution in [0, 0.1) is 11.3 Å². The van der Waals surface area contributed by atoms with Crippen LogP contribution >= 0.6 is 0 Å². The third-order valence-corrected chi connectivity index (χ3v) is 5.85. The van der Waals surface area contributed by atoms with Gasteiger partial charge in [0.1, 0.15) is 0 Å². The molecule has 0 aromatic heterocycles. The topological polar surface area (TPSA) is 70.7 Å². The summed E-state index contributed by atoms with van der Waals surface area (Å²) >= 11 is 0. The van der Waals surface area contributed by atoms with Crippen LogP contribution in [0.25, 0.3) is 0 Å². The summed E-state index contributed by atoms with van der Waals surface area (Å²) in [6.07, 6.45) is 4.18. The maximum Gasteiger partial charge on any atom is 0.279 e. The summed E-state index contributed by atoms with van der Waals surface area (Å²) in [7, 11) is -0.0269. The third-order valence-electron chi connectivity index (χ3n) is 4.37. The smallest absolute Gasteiger partial charge is 0.279 e. The number of nitrogens with zero attached hydrogens (tertiary/aromatic N) is 1. The minimum absolute atomic E-state index is 0.0759. The molecule has 2 N–H and O–H groups in total. The van der Waals surface area contributed by atoms with Crippen LogP contribution in [-0.4, -0.2) is 59.7 Å². The van der Waals surface area contributed by atoms with Crippen LogP contribution in [-0.2, 0) is 14.9 Å². The molecule has 1 heterocycles. The quantitative estimate of drug-likeness (QED) is 0.671. The molecule has 2 fully saturated rings. The van der Waals surface area contributed by atoms with E-state index in [0.717, 1.165) is 38.8 Å². The summed E-state index contributed by atoms with van der Waals surface area (Å²) in [5.74, 6) is 0.559. The Morgan fingerprint density at radius 2 is 2.00 bits per heavy atom. The Bertz CT molecular complexity index is 398. The maximum absolute atomic E-state index is 12.2. The molecule has 7 heteroatoms. The molecule has 1 saturated carbocycles. The average molecular weight is 305 g/mol. The molecule has 1 aliphatic carbocycles. The standard InChI is InChI=1S/C13H27N3O3S/c1-16(9-12-3-4-12)20(17,18)15-10-13(11-19-2)5-7-14-8-6-13/h12,14-15H,3-11H2,1-2H3. The van der Waals surface area contributed by atoms with E-state index < -0.39 is 10.2 Å². The van der Waals surface area contributed by atoms with Gasteiger partial charge in [0.05, 0.1) is 6.61 Å². The molecule has 0 radical (unpaired) electrons. The van der Waals surface area contributed by atoms with Gasteiger partial charge in [-0.25, -0.2) is 4.72 Å². The molecule has 1 aliphatic heterocycles. The second kappa shape index (κ2) is 6.70. The molecule has 0 unspecified atom stereocenters. The van der Waals surface area contributed by atoms with Crippen molar-refractivity contribution in [1.82, 2.24) is 14.3 Å². The second-order valence-corrected chi connectivity index (χ2v) is 8.10. The van der Waals surface area contributed by atoms with Crippen molar-refractivity contribution >= 4 is 10.2 Å². The SMILES string of the molecule is COCC1(CNS(=O)(=O)N(C)CC2CC2)CCNCC1. The molecular formula is C13H27N3O3S. The lowest BCUT2D eigenvalue weighted by Crippen LogP contribution is -2.49. The van der Waals surface area contributed by atoms with Crippen molar-refractivity contribution in [3.63, 3.8) is 0 Å². The normalized spacial score (nSPS) is 23.1. The lowest BCUT2D eigenvalue weighted by molar-refractivity contribution is 0.0574. The number of nitrogens with one attached hydrogen (secondary N) is 2. The fraction of sp³-hybridized carbons (Fsp3) is 1.00. The summed E-state index contributed by atoms with van der Waals surface area (Å²) in [5, 5.41) is 3.31. The molecule has 0 atom stereocenters. The van der Waals surface area contributed by atoms with E-state index in [4.69, 9.17) is 4.74 Å². The molecule has 2 aliphatic rings. The van der Waals surface area contributed by atoms with Crippen LogP contribution in [0.3, 0.4) is 0 Å². The Hall–Kier alpha value is -0.210. The summed E-state index contributed by atoms with van der Waals surface area (Å²) in [4.78, 5) is 0. The number of hydrogen-bond donors (Lipinski definition) is 2. The zero-order valence-corrected chi connectivity index (χ0v) is 13.3. The highest BCUT2D eigenvalue weighted by Gasteiger charge is 2.35. The summed E-state index contributed by atoms with van der Waals surface area (Å²) in [6, 6.07) is 0. The van der Waals surface area contributed by atoms with Gasteiger partial charge in [-0.1, -0.05) is 0 Å². The maximum atomic E-state index is 12.2. The highest BCUT2D eigenvalue weighted by Crippen LogP contribution is 2.31. The number of ether oxygens (including phenoxy) is 1. The van der Waals surface area contributed by atoms with Crippen molar-refractivity contribution in [2.45, 2.75) is 25.7 Å². The van der Waals surface area contributed by atoms with Crippen molar-refractivity contribution in [2.24, 2.45) is 11.3 Å². The predicted molar refractivity (Wildman–Crippen MR) is 78.7 cm³/mol. The molecule has 0 bridgehead atoms. The molecule has 6 nitrogen and oxygen atoms in total. The van der Waals surface area contributed by atoms with Crippen LogP contribution in [0.5, 0.6) is 0 Å². The first-order chi connectivity index (χ1) is 9.47. The summed E-state index contributed by atoms with van der Waals surface area (Å²) in [6.45, 7) is 3.53. The monoisotopic (exact) mass is 305 g/mol. The zero-order valence-electron chi connectivity index (χ0n) is 12.5. The molecule has 0 aromatic carbocycles. The van der Waals surface area contributed by atoms with Gasteiger partial charge in [0.15, 0.2) is 0 Å². The number of piperidine rings is 1. The molecule has 1 saturated heterocycles. The molecule has 0 aromatic rings. The molecule has 0 amide bonds. The fourth-order valence-corrected chi connectivity index (χ4v) is 3.87. The highest BCUT2D eigenvalue weighted by atomic mass is 32.2. The first kappa shape index (κ1) is 16.2. The Kier molecular flexibility index (Phi) is 5.42. The van der Waals surface area contributed by atoms with Gasteiger partial charge >= 0.3 is 0 Å². The van der Waals surface area contributed by atoms with Crippen LogP contribution in [0.15, 0.2) is 0 Å². The molecule has 20 heavy (non-hydrogen) atoms. The largest absolute Gasteiger partial charge is 0.384 e. The number of hydrogen-bond acceptors (Lipinski definition) is 4. The fourth-order valence-electron chi connectivity index (χ4n) is 2.75. The highest BCUT2D eigenvalue weighted by molar-refractivity contribution is 7.87. The summed E-state index contributed by atoms with van der Waals surface area (Å²) < 4.78 is 34.0. The van der Waals surface area contributed by atoms with Gasteiger partial charge in [-0.2, -0.15) is 12.7 Å². The zero-order chi connectivity index (χ0) is 14.6. The second-order valence-electron chi connectivity index (χ2n) is 6.23. The van der Waals surface area contributed by atoms with Gasteiger partial charge in [0.25, 0.3) is 10.2 Å². The van der Waals surface area contributed by atoms with Crippen molar-refractivity contribution in [1.29, 1.82) is 0 Å². The van der Waals surface area contributed by atoms with E-state index in [2.05, 4.69) is 10.0 Å². The van der Waals surface area contributed by atoms with Crippen LogP contribution in [0.4, 0.5) is 0 Å². The van der Waals surface area contributed by atoms with E-state index in [0.29, 0.717) is 25.6 Å². The van der Waals surface area contributed by atoms with E-state index >= 15 is 0 Å². The predicted octanol–water partition coefficient (Wildman–Crippen LogP) is 0.179. The van der Waals surface area contributed by atoms with Gasteiger partial charge in [-0.3, -0.25) is 0 Å². The molecule has 2 rings (SSSR count). The Balaban J connectivity index is 1.89. The Morgan fingerprint density at radius 1 is 1.35 bits per heavy atom. The van der Waals surface area contributed by atoms with E-state index in [1.54, 1.807) is 14.2 Å². The minimum atomic E-state index is -3.36. The Morgan fingerprint density at radius 3 is 2.55 bits per heavy atom. The molecule has 118 valence electrons. The lowest BCUT2D eigenvalue weighted by atomic mass is 9.80. The first-order valence-electron chi connectivity index (χ1n) is 7.38. The summed E-state index contributed by atoms with van der Waals surface area (Å²) in [5.41, 5.74) is -0.0759.